The van der Waals surface area contributed by atoms with Crippen molar-refractivity contribution in [3.63, 3.8) is 0 Å². The van der Waals surface area contributed by atoms with E-state index in [0.717, 1.165) is 61.7 Å². The smallest absolute Gasteiger partial charge is 0.225 e. The molecule has 0 unspecified atom stereocenters. The second-order valence-corrected chi connectivity index (χ2v) is 10.4. The Morgan fingerprint density at radius 2 is 1.70 bits per heavy atom. The van der Waals surface area contributed by atoms with Crippen LogP contribution in [0.25, 0.3) is 0 Å². The van der Waals surface area contributed by atoms with E-state index >= 15 is 0 Å². The minimum absolute atomic E-state index is 0.341. The Kier molecular flexibility index (Phi) is 7.99. The highest BCUT2D eigenvalue weighted by Crippen LogP contribution is 2.29. The monoisotopic (exact) mass is 517 g/mol. The number of para-hydroxylation sites is 1. The number of hydrogen-bond donors (Lipinski definition) is 3. The molecule has 8 nitrogen and oxygen atoms in total. The summed E-state index contributed by atoms with van der Waals surface area (Å²) < 4.78 is 5.75. The Morgan fingerprint density at radius 1 is 0.946 bits per heavy atom. The molecule has 1 fully saturated rings. The maximum absolute atomic E-state index is 5.75. The van der Waals surface area contributed by atoms with Gasteiger partial charge in [0.1, 0.15) is 11.6 Å². The molecular formula is C28H35N7OS. The lowest BCUT2D eigenvalue weighted by Gasteiger charge is -2.31. The summed E-state index contributed by atoms with van der Waals surface area (Å²) >= 11 is 5.56. The molecule has 2 aromatic heterocycles. The molecule has 2 heterocycles. The van der Waals surface area contributed by atoms with Gasteiger partial charge in [0.05, 0.1) is 17.6 Å². The molecule has 0 radical (unpaired) electrons. The van der Waals surface area contributed by atoms with Crippen molar-refractivity contribution in [2.75, 3.05) is 29.6 Å². The van der Waals surface area contributed by atoms with E-state index in [4.69, 9.17) is 26.9 Å². The topological polar surface area (TPSA) is 87.2 Å². The Labute approximate surface area is 224 Å². The first-order chi connectivity index (χ1) is 18.0. The van der Waals surface area contributed by atoms with Crippen molar-refractivity contribution >= 4 is 34.8 Å². The highest BCUT2D eigenvalue weighted by molar-refractivity contribution is 7.80. The Bertz CT molecular complexity index is 1200. The largest absolute Gasteiger partial charge is 0.439 e. The van der Waals surface area contributed by atoms with Gasteiger partial charge in [0.2, 0.25) is 11.8 Å². The molecular weight excluding hydrogens is 482 g/mol. The van der Waals surface area contributed by atoms with Crippen molar-refractivity contribution in [3.8, 4) is 11.6 Å². The number of nitrogens with one attached hydrogen (secondary N) is 3. The van der Waals surface area contributed by atoms with Crippen LogP contribution in [0.15, 0.2) is 48.7 Å². The number of aromatic nitrogens is 3. The van der Waals surface area contributed by atoms with Crippen molar-refractivity contribution in [1.29, 1.82) is 0 Å². The van der Waals surface area contributed by atoms with Gasteiger partial charge in [0.25, 0.3) is 0 Å². The van der Waals surface area contributed by atoms with Gasteiger partial charge in [-0.25, -0.2) is 9.97 Å². The second-order valence-electron chi connectivity index (χ2n) is 9.99. The summed E-state index contributed by atoms with van der Waals surface area (Å²) in [7, 11) is 4.13. The number of hydrogen-bond acceptors (Lipinski definition) is 7. The molecule has 0 aliphatic heterocycles. The van der Waals surface area contributed by atoms with Gasteiger partial charge in [0.15, 0.2) is 5.11 Å². The van der Waals surface area contributed by atoms with Gasteiger partial charge in [-0.05, 0) is 81.8 Å². The van der Waals surface area contributed by atoms with E-state index in [1.54, 1.807) is 6.20 Å². The number of thiocarbonyl (C=S) groups is 1. The van der Waals surface area contributed by atoms with Crippen molar-refractivity contribution in [3.05, 3.63) is 59.9 Å². The van der Waals surface area contributed by atoms with Gasteiger partial charge in [0, 0.05) is 37.8 Å². The lowest BCUT2D eigenvalue weighted by Crippen LogP contribution is -2.42. The van der Waals surface area contributed by atoms with E-state index in [2.05, 4.69) is 39.9 Å². The number of pyridine rings is 1. The van der Waals surface area contributed by atoms with Crippen LogP contribution >= 0.6 is 12.2 Å². The quantitative estimate of drug-likeness (QED) is 0.361. The lowest BCUT2D eigenvalue weighted by atomic mass is 9.91. The zero-order valence-corrected chi connectivity index (χ0v) is 22.4. The summed E-state index contributed by atoms with van der Waals surface area (Å²) in [4.78, 5) is 16.2. The lowest BCUT2D eigenvalue weighted by molar-refractivity contribution is 0.387. The van der Waals surface area contributed by atoms with Crippen LogP contribution in [-0.2, 0) is 12.8 Å². The van der Waals surface area contributed by atoms with Crippen LogP contribution in [0.5, 0.6) is 11.6 Å². The minimum atomic E-state index is 0.341. The van der Waals surface area contributed by atoms with Crippen LogP contribution in [0.3, 0.4) is 0 Å². The van der Waals surface area contributed by atoms with E-state index in [9.17, 15) is 0 Å². The third-order valence-electron chi connectivity index (χ3n) is 6.94. The van der Waals surface area contributed by atoms with E-state index in [0.29, 0.717) is 23.1 Å². The summed E-state index contributed by atoms with van der Waals surface area (Å²) in [6.45, 7) is 0. The van der Waals surface area contributed by atoms with E-state index in [-0.39, 0.29) is 0 Å². The summed E-state index contributed by atoms with van der Waals surface area (Å²) in [5.74, 6) is 3.13. The van der Waals surface area contributed by atoms with Gasteiger partial charge in [-0.15, -0.1) is 0 Å². The number of ether oxygens (including phenoxy) is 1. The van der Waals surface area contributed by atoms with Gasteiger partial charge in [-0.1, -0.05) is 18.2 Å². The molecule has 0 spiro atoms. The van der Waals surface area contributed by atoms with Crippen LogP contribution in [0, 0.1) is 0 Å². The maximum Gasteiger partial charge on any atom is 0.225 e. The van der Waals surface area contributed by atoms with Crippen LogP contribution in [-0.4, -0.2) is 46.2 Å². The molecule has 0 bridgehead atoms. The number of nitrogens with zero attached hydrogens (tertiary/aromatic N) is 4. The van der Waals surface area contributed by atoms with E-state index < -0.39 is 0 Å². The fourth-order valence-corrected chi connectivity index (χ4v) is 5.33. The summed E-state index contributed by atoms with van der Waals surface area (Å²) in [5, 5.41) is 10.9. The number of anilines is 3. The van der Waals surface area contributed by atoms with Gasteiger partial charge < -0.3 is 25.6 Å². The SMILES string of the molecule is CN(C)c1nc(N[C@H]2CC[C@@H](NC(=S)Nc3ccc(Oc4ccccc4)nc3)CC2)nc2c1CCCC2. The highest BCUT2D eigenvalue weighted by atomic mass is 32.1. The molecule has 3 N–H and O–H groups in total. The Balaban J connectivity index is 1.09. The Hall–Kier alpha value is -3.46. The molecule has 0 saturated heterocycles. The molecule has 37 heavy (non-hydrogen) atoms. The molecule has 3 aromatic rings. The van der Waals surface area contributed by atoms with Gasteiger partial charge in [-0.2, -0.15) is 4.98 Å². The molecule has 1 saturated carbocycles. The minimum Gasteiger partial charge on any atom is -0.439 e. The first-order valence-electron chi connectivity index (χ1n) is 13.1. The maximum atomic E-state index is 5.75. The number of aryl methyl sites for hydroxylation is 1. The van der Waals surface area contributed by atoms with Gasteiger partial charge in [-0.3, -0.25) is 0 Å². The van der Waals surface area contributed by atoms with E-state index in [1.165, 1.54) is 24.1 Å². The predicted octanol–water partition coefficient (Wildman–Crippen LogP) is 5.32. The van der Waals surface area contributed by atoms with Crippen molar-refractivity contribution in [1.82, 2.24) is 20.3 Å². The first kappa shape index (κ1) is 25.2. The average molecular weight is 518 g/mol. The van der Waals surface area contributed by atoms with E-state index in [1.807, 2.05) is 42.5 Å². The molecule has 2 aliphatic rings. The molecule has 2 aliphatic carbocycles. The van der Waals surface area contributed by atoms with Crippen LogP contribution in [0.1, 0.15) is 49.8 Å². The molecule has 0 amide bonds. The summed E-state index contributed by atoms with van der Waals surface area (Å²) in [6.07, 6.45) is 10.5. The number of rotatable bonds is 7. The molecule has 9 heteroatoms. The first-order valence-corrected chi connectivity index (χ1v) is 13.5. The average Bonchev–Trinajstić information content (AvgIpc) is 2.91. The fraction of sp³-hybridized carbons (Fsp3) is 0.429. The number of fused-ring (bicyclic) bond motifs is 1. The van der Waals surface area contributed by atoms with Crippen molar-refractivity contribution in [2.24, 2.45) is 0 Å². The van der Waals surface area contributed by atoms with Gasteiger partial charge >= 0.3 is 0 Å². The van der Waals surface area contributed by atoms with Crippen LogP contribution < -0.4 is 25.6 Å². The summed E-state index contributed by atoms with van der Waals surface area (Å²) in [6, 6.07) is 14.1. The zero-order valence-electron chi connectivity index (χ0n) is 21.5. The third-order valence-corrected chi connectivity index (χ3v) is 7.16. The van der Waals surface area contributed by atoms with Crippen molar-refractivity contribution in [2.45, 2.75) is 63.5 Å². The third kappa shape index (κ3) is 6.65. The van der Waals surface area contributed by atoms with Crippen LogP contribution in [0.2, 0.25) is 0 Å². The fourth-order valence-electron chi connectivity index (χ4n) is 5.05. The highest BCUT2D eigenvalue weighted by Gasteiger charge is 2.24. The second kappa shape index (κ2) is 11.7. The van der Waals surface area contributed by atoms with Crippen molar-refractivity contribution < 1.29 is 4.74 Å². The standard InChI is InChI=1S/C28H35N7OS/c1-35(2)26-23-10-6-7-11-24(23)33-27(34-26)30-19-12-14-20(15-13-19)31-28(37)32-21-16-17-25(29-18-21)36-22-8-4-3-5-9-22/h3-5,8-9,16-20H,6-7,10-15H2,1-2H3,(H,30,33,34)(H2,31,32,37)/t19-,20+. The molecule has 5 rings (SSSR count). The Morgan fingerprint density at radius 3 is 2.43 bits per heavy atom. The van der Waals surface area contributed by atoms with Crippen LogP contribution in [0.4, 0.5) is 17.5 Å². The molecule has 1 aromatic carbocycles. The summed E-state index contributed by atoms with van der Waals surface area (Å²) in [5.41, 5.74) is 3.37. The molecule has 194 valence electrons. The predicted molar refractivity (Wildman–Crippen MR) is 153 cm³/mol. The normalized spacial score (nSPS) is 18.9. The zero-order chi connectivity index (χ0) is 25.6. The molecule has 0 atom stereocenters. The number of benzene rings is 1.